The van der Waals surface area contributed by atoms with Gasteiger partial charge in [0.2, 0.25) is 5.91 Å². The van der Waals surface area contributed by atoms with Gasteiger partial charge in [-0.25, -0.2) is 4.79 Å². The molecule has 0 bridgehead atoms. The molecule has 0 aromatic carbocycles. The Morgan fingerprint density at radius 1 is 1.60 bits per heavy atom. The number of hydrogen-bond acceptors (Lipinski definition) is 3. The Bertz CT molecular complexity index is 311. The Morgan fingerprint density at radius 2 is 2.33 bits per heavy atom. The minimum absolute atomic E-state index is 0.179. The number of amides is 1. The van der Waals surface area contributed by atoms with Crippen molar-refractivity contribution in [3.63, 3.8) is 0 Å². The van der Waals surface area contributed by atoms with Gasteiger partial charge in [0, 0.05) is 24.4 Å². The predicted molar refractivity (Wildman–Crippen MR) is 51.0 cm³/mol. The molecule has 1 atom stereocenters. The zero-order valence-electron chi connectivity index (χ0n) is 8.17. The Hall–Kier alpha value is -1.75. The molecule has 0 radical (unpaired) electrons. The van der Waals surface area contributed by atoms with Crippen molar-refractivity contribution in [3.8, 4) is 0 Å². The number of aliphatic carboxylic acids is 1. The van der Waals surface area contributed by atoms with Gasteiger partial charge in [-0.3, -0.25) is 4.79 Å². The first-order valence-corrected chi connectivity index (χ1v) is 4.70. The number of carboxylic acid groups (broad SMARTS) is 1. The van der Waals surface area contributed by atoms with Gasteiger partial charge in [-0.05, 0) is 18.4 Å². The molecule has 7 heteroatoms. The minimum atomic E-state index is -0.954. The molecule has 1 heterocycles. The van der Waals surface area contributed by atoms with Gasteiger partial charge in [0.1, 0.15) is 6.04 Å². The van der Waals surface area contributed by atoms with E-state index in [1.807, 2.05) is 0 Å². The summed E-state index contributed by atoms with van der Waals surface area (Å²) in [7, 11) is 0. The third-order valence-corrected chi connectivity index (χ3v) is 2.34. The summed E-state index contributed by atoms with van der Waals surface area (Å²) in [5.41, 5.74) is 8.00. The van der Waals surface area contributed by atoms with Crippen LogP contribution in [-0.2, 0) is 9.59 Å². The second kappa shape index (κ2) is 5.21. The normalized spacial score (nSPS) is 18.9. The lowest BCUT2D eigenvalue weighted by molar-refractivity contribution is -0.157. The summed E-state index contributed by atoms with van der Waals surface area (Å²) in [4.78, 5) is 25.9. The monoisotopic (exact) mass is 212 g/mol. The highest BCUT2D eigenvalue weighted by atomic mass is 16.4. The van der Waals surface area contributed by atoms with Crippen molar-refractivity contribution in [3.05, 3.63) is 10.4 Å². The largest absolute Gasteiger partial charge is 0.480 e. The van der Waals surface area contributed by atoms with E-state index in [1.165, 1.54) is 4.90 Å². The highest BCUT2D eigenvalue weighted by molar-refractivity contribution is 5.85. The molecular weight excluding hydrogens is 200 g/mol. The van der Waals surface area contributed by atoms with E-state index in [1.54, 1.807) is 0 Å². The topological polar surface area (TPSA) is 106 Å². The highest BCUT2D eigenvalue weighted by Crippen LogP contribution is 2.18. The standard InChI is InChI=1S/C8H12N4O3/c9-11-10-4-1-2-7(13)12-5-3-6(12)8(14)15/h6H,1-5H2,(H,14,15). The van der Waals surface area contributed by atoms with Crippen molar-refractivity contribution in [1.29, 1.82) is 0 Å². The molecule has 0 spiro atoms. The Kier molecular flexibility index (Phi) is 3.93. The Balaban J connectivity index is 2.28. The van der Waals surface area contributed by atoms with Gasteiger partial charge in [0.25, 0.3) is 0 Å². The first-order valence-electron chi connectivity index (χ1n) is 4.70. The zero-order valence-corrected chi connectivity index (χ0v) is 8.17. The molecule has 1 rings (SSSR count). The maximum absolute atomic E-state index is 11.4. The van der Waals surface area contributed by atoms with Crippen LogP contribution in [-0.4, -0.2) is 41.0 Å². The molecule has 1 N–H and O–H groups in total. The van der Waals surface area contributed by atoms with Crippen molar-refractivity contribution in [1.82, 2.24) is 4.90 Å². The number of rotatable bonds is 5. The van der Waals surface area contributed by atoms with Crippen LogP contribution in [0.25, 0.3) is 10.4 Å². The van der Waals surface area contributed by atoms with Gasteiger partial charge < -0.3 is 10.0 Å². The van der Waals surface area contributed by atoms with Crippen LogP contribution in [0.3, 0.4) is 0 Å². The first-order chi connectivity index (χ1) is 7.16. The molecular formula is C8H12N4O3. The summed E-state index contributed by atoms with van der Waals surface area (Å²) < 4.78 is 0. The number of hydrogen-bond donors (Lipinski definition) is 1. The van der Waals surface area contributed by atoms with E-state index >= 15 is 0 Å². The molecule has 15 heavy (non-hydrogen) atoms. The molecule has 1 aliphatic rings. The van der Waals surface area contributed by atoms with Crippen molar-refractivity contribution in [2.75, 3.05) is 13.1 Å². The fourth-order valence-electron chi connectivity index (χ4n) is 1.43. The molecule has 1 aliphatic heterocycles. The lowest BCUT2D eigenvalue weighted by Gasteiger charge is -2.38. The summed E-state index contributed by atoms with van der Waals surface area (Å²) >= 11 is 0. The first kappa shape index (κ1) is 11.3. The average molecular weight is 212 g/mol. The second-order valence-corrected chi connectivity index (χ2v) is 3.29. The molecule has 1 fully saturated rings. The van der Waals surface area contributed by atoms with Crippen LogP contribution in [0.4, 0.5) is 0 Å². The van der Waals surface area contributed by atoms with E-state index in [-0.39, 0.29) is 18.9 Å². The molecule has 0 saturated carbocycles. The molecule has 1 amide bonds. The van der Waals surface area contributed by atoms with Crippen LogP contribution in [0.15, 0.2) is 5.11 Å². The number of carboxylic acids is 1. The van der Waals surface area contributed by atoms with Crippen LogP contribution in [0, 0.1) is 0 Å². The number of azide groups is 1. The van der Waals surface area contributed by atoms with E-state index in [0.717, 1.165) is 0 Å². The lowest BCUT2D eigenvalue weighted by Crippen LogP contribution is -2.55. The quantitative estimate of drug-likeness (QED) is 0.314. The van der Waals surface area contributed by atoms with Crippen molar-refractivity contribution >= 4 is 11.9 Å². The minimum Gasteiger partial charge on any atom is -0.480 e. The molecule has 7 nitrogen and oxygen atoms in total. The molecule has 1 saturated heterocycles. The molecule has 0 aromatic rings. The maximum Gasteiger partial charge on any atom is 0.326 e. The number of carbonyl (C=O) groups excluding carboxylic acids is 1. The van der Waals surface area contributed by atoms with Crippen molar-refractivity contribution < 1.29 is 14.7 Å². The fourth-order valence-corrected chi connectivity index (χ4v) is 1.43. The van der Waals surface area contributed by atoms with Crippen molar-refractivity contribution in [2.24, 2.45) is 5.11 Å². The lowest BCUT2D eigenvalue weighted by atomic mass is 10.0. The van der Waals surface area contributed by atoms with Gasteiger partial charge in [-0.1, -0.05) is 5.11 Å². The van der Waals surface area contributed by atoms with Crippen LogP contribution in [0.2, 0.25) is 0 Å². The van der Waals surface area contributed by atoms with Crippen LogP contribution >= 0.6 is 0 Å². The zero-order chi connectivity index (χ0) is 11.3. The summed E-state index contributed by atoms with van der Waals surface area (Å²) in [6.07, 6.45) is 1.23. The van der Waals surface area contributed by atoms with E-state index in [2.05, 4.69) is 10.0 Å². The van der Waals surface area contributed by atoms with E-state index in [9.17, 15) is 9.59 Å². The highest BCUT2D eigenvalue weighted by Gasteiger charge is 2.36. The van der Waals surface area contributed by atoms with Crippen LogP contribution in [0.5, 0.6) is 0 Å². The van der Waals surface area contributed by atoms with Crippen LogP contribution < -0.4 is 0 Å². The molecule has 82 valence electrons. The van der Waals surface area contributed by atoms with Gasteiger partial charge >= 0.3 is 5.97 Å². The predicted octanol–water partition coefficient (Wildman–Crippen LogP) is 0.762. The van der Waals surface area contributed by atoms with Gasteiger partial charge in [0.05, 0.1) is 0 Å². The Morgan fingerprint density at radius 3 is 2.80 bits per heavy atom. The smallest absolute Gasteiger partial charge is 0.326 e. The van der Waals surface area contributed by atoms with E-state index < -0.39 is 12.0 Å². The summed E-state index contributed by atoms with van der Waals surface area (Å²) in [6.45, 7) is 0.783. The molecule has 0 aromatic heterocycles. The second-order valence-electron chi connectivity index (χ2n) is 3.29. The average Bonchev–Trinajstić information content (AvgIpc) is 2.09. The van der Waals surface area contributed by atoms with Gasteiger partial charge in [-0.15, -0.1) is 0 Å². The third-order valence-electron chi connectivity index (χ3n) is 2.34. The number of carbonyl (C=O) groups is 2. The van der Waals surface area contributed by atoms with E-state index in [0.29, 0.717) is 19.4 Å². The molecule has 0 aliphatic carbocycles. The third kappa shape index (κ3) is 2.85. The molecule has 1 unspecified atom stereocenters. The van der Waals surface area contributed by atoms with E-state index in [4.69, 9.17) is 10.6 Å². The summed E-state index contributed by atoms with van der Waals surface area (Å²) in [5.74, 6) is -1.13. The number of likely N-dealkylation sites (tertiary alicyclic amines) is 1. The van der Waals surface area contributed by atoms with Gasteiger partial charge in [0.15, 0.2) is 0 Å². The fraction of sp³-hybridized carbons (Fsp3) is 0.750. The van der Waals surface area contributed by atoms with Gasteiger partial charge in [-0.2, -0.15) is 0 Å². The summed E-state index contributed by atoms with van der Waals surface area (Å²) in [5, 5.41) is 12.0. The van der Waals surface area contributed by atoms with Crippen LogP contribution in [0.1, 0.15) is 19.3 Å². The summed E-state index contributed by atoms with van der Waals surface area (Å²) in [6, 6.07) is -0.656. The SMILES string of the molecule is [N-]=[N+]=NCCCC(=O)N1CCC1C(=O)O. The Labute approximate surface area is 86.3 Å². The number of nitrogens with zero attached hydrogens (tertiary/aromatic N) is 4. The van der Waals surface area contributed by atoms with Crippen molar-refractivity contribution in [2.45, 2.75) is 25.3 Å². The maximum atomic E-state index is 11.4.